The van der Waals surface area contributed by atoms with Crippen LogP contribution in [0.15, 0.2) is 29.1 Å². The second-order valence-electron chi connectivity index (χ2n) is 9.76. The first kappa shape index (κ1) is 27.0. The molecule has 0 bridgehead atoms. The molecule has 2 aliphatic rings. The molecular weight excluding hydrogens is 517 g/mol. The quantitative estimate of drug-likeness (QED) is 0.502. The van der Waals surface area contributed by atoms with Gasteiger partial charge < -0.3 is 19.7 Å². The molecule has 5 rings (SSSR count). The Hall–Kier alpha value is -3.58. The standard InChI is InChI=1S/C26H29F3N6O4/c1-14(16-4-3-5-17(21(16)27)23(28)29)30-24-18-12-19(31-32-22(18)26(37)34(2)33-24)15-6-8-35(9-7-15)25(36)20-13-38-10-11-39-20/h3-5,12,14-15,20,23H,6-11,13H2,1-2H3,(H,30,33)/t14-,20?/m1/s1. The van der Waals surface area contributed by atoms with E-state index in [0.29, 0.717) is 50.2 Å². The second-order valence-corrected chi connectivity index (χ2v) is 9.76. The number of fused-ring (bicyclic) bond motifs is 1. The molecule has 3 aromatic rings. The fourth-order valence-electron chi connectivity index (χ4n) is 5.04. The number of alkyl halides is 2. The predicted molar refractivity (Wildman–Crippen MR) is 135 cm³/mol. The molecule has 13 heteroatoms. The summed E-state index contributed by atoms with van der Waals surface area (Å²) in [6, 6.07) is 4.84. The molecule has 2 aliphatic heterocycles. The number of halogens is 3. The normalized spacial score (nSPS) is 19.4. The van der Waals surface area contributed by atoms with Gasteiger partial charge in [-0.25, -0.2) is 17.9 Å². The minimum Gasteiger partial charge on any atom is -0.376 e. The van der Waals surface area contributed by atoms with E-state index in [1.165, 1.54) is 19.2 Å². The smallest absolute Gasteiger partial charge is 0.295 e. The highest BCUT2D eigenvalue weighted by Crippen LogP contribution is 2.32. The van der Waals surface area contributed by atoms with Crippen LogP contribution in [0, 0.1) is 5.82 Å². The summed E-state index contributed by atoms with van der Waals surface area (Å²) in [5, 5.41) is 16.3. The van der Waals surface area contributed by atoms with Crippen LogP contribution in [0.5, 0.6) is 0 Å². The lowest BCUT2D eigenvalue weighted by molar-refractivity contribution is -0.158. The van der Waals surface area contributed by atoms with Crippen LogP contribution >= 0.6 is 0 Å². The molecule has 0 radical (unpaired) electrons. The molecule has 10 nitrogen and oxygen atoms in total. The summed E-state index contributed by atoms with van der Waals surface area (Å²) in [4.78, 5) is 27.2. The molecule has 1 N–H and O–H groups in total. The van der Waals surface area contributed by atoms with E-state index in [4.69, 9.17) is 9.47 Å². The van der Waals surface area contributed by atoms with Gasteiger partial charge in [0.15, 0.2) is 17.4 Å². The third-order valence-electron chi connectivity index (χ3n) is 7.24. The number of hydrogen-bond acceptors (Lipinski definition) is 8. The lowest BCUT2D eigenvalue weighted by atomic mass is 9.92. The van der Waals surface area contributed by atoms with E-state index < -0.39 is 35.5 Å². The zero-order valence-corrected chi connectivity index (χ0v) is 21.6. The Bertz CT molecular complexity index is 1420. The maximum Gasteiger partial charge on any atom is 0.295 e. The monoisotopic (exact) mass is 546 g/mol. The summed E-state index contributed by atoms with van der Waals surface area (Å²) >= 11 is 0. The number of nitrogens with one attached hydrogen (secondary N) is 1. The lowest BCUT2D eigenvalue weighted by Gasteiger charge is -2.34. The van der Waals surface area contributed by atoms with Crippen molar-refractivity contribution in [3.63, 3.8) is 0 Å². The molecule has 1 unspecified atom stereocenters. The van der Waals surface area contributed by atoms with Crippen LogP contribution < -0.4 is 10.9 Å². The van der Waals surface area contributed by atoms with E-state index >= 15 is 0 Å². The Morgan fingerprint density at radius 1 is 1.15 bits per heavy atom. The zero-order valence-electron chi connectivity index (χ0n) is 21.6. The number of anilines is 1. The van der Waals surface area contributed by atoms with Crippen LogP contribution in [0.4, 0.5) is 19.0 Å². The molecule has 2 fully saturated rings. The molecule has 1 aromatic carbocycles. The summed E-state index contributed by atoms with van der Waals surface area (Å²) in [6.07, 6.45) is -2.25. The molecule has 1 amide bonds. The Morgan fingerprint density at radius 3 is 2.59 bits per heavy atom. The minimum absolute atomic E-state index is 0.0102. The van der Waals surface area contributed by atoms with Crippen LogP contribution in [0.1, 0.15) is 55.0 Å². The van der Waals surface area contributed by atoms with Crippen LogP contribution in [0.25, 0.3) is 10.9 Å². The van der Waals surface area contributed by atoms with E-state index in [0.717, 1.165) is 10.7 Å². The number of carbonyl (C=O) groups is 1. The molecule has 0 spiro atoms. The number of benzene rings is 1. The number of likely N-dealkylation sites (tertiary alicyclic amines) is 1. The fourth-order valence-corrected chi connectivity index (χ4v) is 5.04. The van der Waals surface area contributed by atoms with E-state index in [2.05, 4.69) is 20.6 Å². The number of aryl methyl sites for hydroxylation is 1. The van der Waals surface area contributed by atoms with Crippen molar-refractivity contribution in [1.82, 2.24) is 24.9 Å². The van der Waals surface area contributed by atoms with E-state index in [1.54, 1.807) is 17.9 Å². The maximum absolute atomic E-state index is 14.8. The van der Waals surface area contributed by atoms with Crippen molar-refractivity contribution in [2.75, 3.05) is 38.2 Å². The van der Waals surface area contributed by atoms with Gasteiger partial charge in [0.2, 0.25) is 0 Å². The number of rotatable bonds is 6. The largest absolute Gasteiger partial charge is 0.376 e. The topological polar surface area (TPSA) is 111 Å². The van der Waals surface area contributed by atoms with Crippen molar-refractivity contribution in [3.05, 3.63) is 57.3 Å². The van der Waals surface area contributed by atoms with Crippen LogP contribution in [0.3, 0.4) is 0 Å². The predicted octanol–water partition coefficient (Wildman–Crippen LogP) is 3.09. The van der Waals surface area contributed by atoms with Crippen molar-refractivity contribution in [1.29, 1.82) is 0 Å². The van der Waals surface area contributed by atoms with Gasteiger partial charge in [0.1, 0.15) is 5.82 Å². The molecule has 39 heavy (non-hydrogen) atoms. The van der Waals surface area contributed by atoms with Crippen LogP contribution in [-0.2, 0) is 21.3 Å². The van der Waals surface area contributed by atoms with Gasteiger partial charge in [0.25, 0.3) is 17.9 Å². The maximum atomic E-state index is 14.8. The number of amides is 1. The van der Waals surface area contributed by atoms with Crippen LogP contribution in [-0.4, -0.2) is 69.8 Å². The van der Waals surface area contributed by atoms with Gasteiger partial charge in [0.05, 0.1) is 42.5 Å². The van der Waals surface area contributed by atoms with Gasteiger partial charge in [-0.15, -0.1) is 5.10 Å². The molecule has 208 valence electrons. The van der Waals surface area contributed by atoms with Crippen molar-refractivity contribution in [3.8, 4) is 0 Å². The number of nitrogens with zero attached hydrogens (tertiary/aromatic N) is 5. The SMILES string of the molecule is C[C@@H](Nc1nn(C)c(=O)c2nnc(C3CCN(C(=O)C4COCCO4)CC3)cc12)c1cccc(C(F)F)c1F. The Labute approximate surface area is 222 Å². The first-order valence-corrected chi connectivity index (χ1v) is 12.8. The van der Waals surface area contributed by atoms with Crippen LogP contribution in [0.2, 0.25) is 0 Å². The average Bonchev–Trinajstić information content (AvgIpc) is 2.95. The molecule has 0 saturated carbocycles. The highest BCUT2D eigenvalue weighted by atomic mass is 19.3. The summed E-state index contributed by atoms with van der Waals surface area (Å²) in [7, 11) is 1.46. The summed E-state index contributed by atoms with van der Waals surface area (Å²) in [5.41, 5.74) is -0.371. The van der Waals surface area contributed by atoms with Gasteiger partial charge in [-0.1, -0.05) is 18.2 Å². The Balaban J connectivity index is 1.38. The number of ether oxygens (including phenoxy) is 2. The van der Waals surface area contributed by atoms with Gasteiger partial charge in [-0.3, -0.25) is 9.59 Å². The van der Waals surface area contributed by atoms with Crippen molar-refractivity contribution in [2.24, 2.45) is 7.05 Å². The molecule has 4 heterocycles. The summed E-state index contributed by atoms with van der Waals surface area (Å²) in [5.74, 6) is -0.841. The highest BCUT2D eigenvalue weighted by Gasteiger charge is 2.31. The van der Waals surface area contributed by atoms with Crippen molar-refractivity contribution in [2.45, 2.75) is 44.3 Å². The van der Waals surface area contributed by atoms with Gasteiger partial charge in [-0.2, -0.15) is 10.2 Å². The zero-order chi connectivity index (χ0) is 27.7. The van der Waals surface area contributed by atoms with Gasteiger partial charge in [-0.05, 0) is 25.8 Å². The van der Waals surface area contributed by atoms with Crippen molar-refractivity contribution >= 4 is 22.6 Å². The van der Waals surface area contributed by atoms with Gasteiger partial charge >= 0.3 is 0 Å². The molecule has 2 aromatic heterocycles. The third kappa shape index (κ3) is 5.46. The number of piperidine rings is 1. The Morgan fingerprint density at radius 2 is 1.90 bits per heavy atom. The van der Waals surface area contributed by atoms with E-state index in [9.17, 15) is 22.8 Å². The first-order chi connectivity index (χ1) is 18.7. The highest BCUT2D eigenvalue weighted by molar-refractivity contribution is 5.88. The van der Waals surface area contributed by atoms with E-state index in [-0.39, 0.29) is 35.3 Å². The van der Waals surface area contributed by atoms with E-state index in [1.807, 2.05) is 0 Å². The molecule has 0 aliphatic carbocycles. The lowest BCUT2D eigenvalue weighted by Crippen LogP contribution is -2.48. The first-order valence-electron chi connectivity index (χ1n) is 12.8. The number of hydrogen-bond donors (Lipinski definition) is 1. The van der Waals surface area contributed by atoms with Crippen molar-refractivity contribution < 1.29 is 27.4 Å². The average molecular weight is 547 g/mol. The number of aromatic nitrogens is 4. The molecular formula is C26H29F3N6O4. The molecule has 2 saturated heterocycles. The molecule has 2 atom stereocenters. The van der Waals surface area contributed by atoms with Gasteiger partial charge in [0, 0.05) is 31.6 Å². The Kier molecular flexibility index (Phi) is 7.80. The minimum atomic E-state index is -2.95. The number of carbonyl (C=O) groups excluding carboxylic acids is 1. The second kappa shape index (κ2) is 11.3. The summed E-state index contributed by atoms with van der Waals surface area (Å²) < 4.78 is 53.2. The fraction of sp³-hybridized carbons (Fsp3) is 0.500. The third-order valence-corrected chi connectivity index (χ3v) is 7.24. The summed E-state index contributed by atoms with van der Waals surface area (Å²) in [6.45, 7) is 3.78.